The van der Waals surface area contributed by atoms with Crippen LogP contribution in [0.15, 0.2) is 60.9 Å². The van der Waals surface area contributed by atoms with E-state index in [0.717, 1.165) is 16.3 Å². The van der Waals surface area contributed by atoms with Crippen LogP contribution in [0.4, 0.5) is 5.95 Å². The summed E-state index contributed by atoms with van der Waals surface area (Å²) in [5, 5.41) is 2.20. The predicted molar refractivity (Wildman–Crippen MR) is 109 cm³/mol. The first-order valence-corrected chi connectivity index (χ1v) is 9.62. The highest BCUT2D eigenvalue weighted by Crippen LogP contribution is 2.16. The van der Waals surface area contributed by atoms with Crippen LogP contribution in [0.25, 0.3) is 10.8 Å². The summed E-state index contributed by atoms with van der Waals surface area (Å²) >= 11 is 0. The van der Waals surface area contributed by atoms with E-state index in [9.17, 15) is 9.59 Å². The fourth-order valence-corrected chi connectivity index (χ4v) is 3.41. The number of aromatic nitrogens is 2. The van der Waals surface area contributed by atoms with Crippen LogP contribution in [0.2, 0.25) is 0 Å². The molecule has 1 amide bonds. The lowest BCUT2D eigenvalue weighted by atomic mass is 10.1. The van der Waals surface area contributed by atoms with E-state index >= 15 is 0 Å². The third-order valence-corrected chi connectivity index (χ3v) is 4.99. The number of hydrogen-bond donors (Lipinski definition) is 0. The molecule has 0 unspecified atom stereocenters. The van der Waals surface area contributed by atoms with E-state index < -0.39 is 5.97 Å². The zero-order valence-corrected chi connectivity index (χ0v) is 16.0. The van der Waals surface area contributed by atoms with Crippen molar-refractivity contribution in [3.63, 3.8) is 0 Å². The fourth-order valence-electron chi connectivity index (χ4n) is 3.41. The van der Waals surface area contributed by atoms with Gasteiger partial charge in [-0.05, 0) is 22.4 Å². The van der Waals surface area contributed by atoms with Crippen LogP contribution in [-0.4, -0.2) is 59.5 Å². The smallest absolute Gasteiger partial charge is 0.310 e. The van der Waals surface area contributed by atoms with E-state index in [0.29, 0.717) is 32.1 Å². The number of carbonyl (C=O) groups excluding carboxylic acids is 2. The molecule has 4 rings (SSSR count). The maximum Gasteiger partial charge on any atom is 0.310 e. The molecule has 0 N–H and O–H groups in total. The van der Waals surface area contributed by atoms with E-state index in [1.54, 1.807) is 23.4 Å². The van der Waals surface area contributed by atoms with Gasteiger partial charge in [0.2, 0.25) is 5.95 Å². The Kier molecular flexibility index (Phi) is 5.65. The van der Waals surface area contributed by atoms with Gasteiger partial charge in [0.05, 0.1) is 6.42 Å². The molecular weight excluding hydrogens is 368 g/mol. The van der Waals surface area contributed by atoms with Crippen molar-refractivity contribution < 1.29 is 14.3 Å². The van der Waals surface area contributed by atoms with Crippen molar-refractivity contribution in [1.29, 1.82) is 0 Å². The normalized spacial score (nSPS) is 14.1. The molecule has 0 aliphatic carbocycles. The molecule has 7 heteroatoms. The minimum Gasteiger partial charge on any atom is -0.455 e. The summed E-state index contributed by atoms with van der Waals surface area (Å²) in [6.07, 6.45) is 3.56. The molecule has 2 heterocycles. The van der Waals surface area contributed by atoms with Gasteiger partial charge in [0.1, 0.15) is 0 Å². The van der Waals surface area contributed by atoms with Gasteiger partial charge in [0.25, 0.3) is 5.91 Å². The first kappa shape index (κ1) is 18.9. The average molecular weight is 390 g/mol. The van der Waals surface area contributed by atoms with Crippen LogP contribution in [0.1, 0.15) is 5.56 Å². The van der Waals surface area contributed by atoms with Crippen molar-refractivity contribution in [2.75, 3.05) is 37.7 Å². The van der Waals surface area contributed by atoms with Gasteiger partial charge in [0, 0.05) is 38.6 Å². The van der Waals surface area contributed by atoms with Gasteiger partial charge in [-0.1, -0.05) is 42.5 Å². The molecule has 1 saturated heterocycles. The second kappa shape index (κ2) is 8.68. The van der Waals surface area contributed by atoms with E-state index in [2.05, 4.69) is 9.97 Å². The number of amides is 1. The fraction of sp³-hybridized carbons (Fsp3) is 0.273. The standard InChI is InChI=1S/C22H22N4O3/c27-20(25-10-12-26(13-11-25)22-23-8-3-9-24-22)16-29-21(28)15-17-6-7-18-4-1-2-5-19(18)14-17/h1-9,14H,10-13,15-16H2. The number of anilines is 1. The molecule has 29 heavy (non-hydrogen) atoms. The zero-order chi connectivity index (χ0) is 20.1. The van der Waals surface area contributed by atoms with Crippen LogP contribution < -0.4 is 4.90 Å². The predicted octanol–water partition coefficient (Wildman–Crippen LogP) is 2.06. The Bertz CT molecular complexity index is 1000. The Morgan fingerprint density at radius 1 is 0.897 bits per heavy atom. The minimum atomic E-state index is -0.398. The molecule has 0 bridgehead atoms. The summed E-state index contributed by atoms with van der Waals surface area (Å²) in [5.41, 5.74) is 0.873. The van der Waals surface area contributed by atoms with Crippen molar-refractivity contribution in [3.8, 4) is 0 Å². The molecule has 3 aromatic rings. The topological polar surface area (TPSA) is 75.6 Å². The monoisotopic (exact) mass is 390 g/mol. The minimum absolute atomic E-state index is 0.150. The third kappa shape index (κ3) is 4.68. The van der Waals surface area contributed by atoms with Crippen LogP contribution in [-0.2, 0) is 20.7 Å². The van der Waals surface area contributed by atoms with Crippen LogP contribution >= 0.6 is 0 Å². The van der Waals surface area contributed by atoms with E-state index in [1.807, 2.05) is 47.4 Å². The Morgan fingerprint density at radius 2 is 1.62 bits per heavy atom. The maximum atomic E-state index is 12.4. The quantitative estimate of drug-likeness (QED) is 0.621. The van der Waals surface area contributed by atoms with E-state index in [-0.39, 0.29) is 18.9 Å². The number of rotatable bonds is 5. The highest BCUT2D eigenvalue weighted by atomic mass is 16.5. The summed E-state index contributed by atoms with van der Waals surface area (Å²) < 4.78 is 5.22. The van der Waals surface area contributed by atoms with Gasteiger partial charge in [-0.15, -0.1) is 0 Å². The van der Waals surface area contributed by atoms with Gasteiger partial charge in [-0.2, -0.15) is 0 Å². The lowest BCUT2D eigenvalue weighted by Crippen LogP contribution is -2.50. The van der Waals surface area contributed by atoms with Crippen LogP contribution in [0.3, 0.4) is 0 Å². The molecule has 7 nitrogen and oxygen atoms in total. The van der Waals surface area contributed by atoms with Crippen LogP contribution in [0, 0.1) is 0 Å². The summed E-state index contributed by atoms with van der Waals surface area (Å²) in [7, 11) is 0. The Balaban J connectivity index is 1.24. The Morgan fingerprint density at radius 3 is 2.38 bits per heavy atom. The molecule has 0 atom stereocenters. The summed E-state index contributed by atoms with van der Waals surface area (Å²) in [5.74, 6) is 0.0943. The lowest BCUT2D eigenvalue weighted by molar-refractivity contribution is -0.151. The van der Waals surface area contributed by atoms with E-state index in [1.165, 1.54) is 0 Å². The van der Waals surface area contributed by atoms with Crippen molar-refractivity contribution in [2.45, 2.75) is 6.42 Å². The summed E-state index contributed by atoms with van der Waals surface area (Å²) in [4.78, 5) is 36.7. The number of esters is 1. The van der Waals surface area contributed by atoms with Gasteiger partial charge in [-0.25, -0.2) is 9.97 Å². The van der Waals surface area contributed by atoms with E-state index in [4.69, 9.17) is 4.74 Å². The highest BCUT2D eigenvalue weighted by Gasteiger charge is 2.23. The Hall–Kier alpha value is -3.48. The highest BCUT2D eigenvalue weighted by molar-refractivity contribution is 5.85. The number of fused-ring (bicyclic) bond motifs is 1. The second-order valence-electron chi connectivity index (χ2n) is 6.94. The zero-order valence-electron chi connectivity index (χ0n) is 16.0. The number of ether oxygens (including phenoxy) is 1. The summed E-state index contributed by atoms with van der Waals surface area (Å²) in [6, 6.07) is 15.6. The Labute approximate surface area is 168 Å². The molecule has 1 aliphatic heterocycles. The first-order chi connectivity index (χ1) is 14.2. The van der Waals surface area contributed by atoms with Gasteiger partial charge in [-0.3, -0.25) is 9.59 Å². The van der Waals surface area contributed by atoms with Gasteiger partial charge >= 0.3 is 5.97 Å². The van der Waals surface area contributed by atoms with Crippen molar-refractivity contribution in [3.05, 3.63) is 66.5 Å². The van der Waals surface area contributed by atoms with Crippen molar-refractivity contribution in [2.24, 2.45) is 0 Å². The first-order valence-electron chi connectivity index (χ1n) is 9.62. The number of hydrogen-bond acceptors (Lipinski definition) is 6. The average Bonchev–Trinajstić information content (AvgIpc) is 2.78. The second-order valence-corrected chi connectivity index (χ2v) is 6.94. The lowest BCUT2D eigenvalue weighted by Gasteiger charge is -2.34. The molecule has 148 valence electrons. The molecule has 1 aliphatic rings. The molecular formula is C22H22N4O3. The van der Waals surface area contributed by atoms with Gasteiger partial charge in [0.15, 0.2) is 6.61 Å². The number of carbonyl (C=O) groups is 2. The molecule has 0 spiro atoms. The van der Waals surface area contributed by atoms with Crippen LogP contribution in [0.5, 0.6) is 0 Å². The maximum absolute atomic E-state index is 12.4. The SMILES string of the molecule is O=C(Cc1ccc2ccccc2c1)OCC(=O)N1CCN(c2ncccn2)CC1. The number of piperazine rings is 1. The summed E-state index contributed by atoms with van der Waals surface area (Å²) in [6.45, 7) is 2.19. The molecule has 1 fully saturated rings. The molecule has 0 saturated carbocycles. The largest absolute Gasteiger partial charge is 0.455 e. The van der Waals surface area contributed by atoms with Crippen molar-refractivity contribution in [1.82, 2.24) is 14.9 Å². The molecule has 1 aromatic heterocycles. The third-order valence-electron chi connectivity index (χ3n) is 4.99. The molecule has 0 radical (unpaired) electrons. The van der Waals surface area contributed by atoms with Gasteiger partial charge < -0.3 is 14.5 Å². The number of benzene rings is 2. The molecule has 2 aromatic carbocycles. The van der Waals surface area contributed by atoms with Crippen molar-refractivity contribution >= 4 is 28.6 Å². The number of nitrogens with zero attached hydrogens (tertiary/aromatic N) is 4.